The van der Waals surface area contributed by atoms with Gasteiger partial charge in [-0.3, -0.25) is 0 Å². The molecule has 0 aliphatic heterocycles. The van der Waals surface area contributed by atoms with Gasteiger partial charge in [-0.1, -0.05) is 33.3 Å². The molecule has 2 rings (SSSR count). The lowest BCUT2D eigenvalue weighted by atomic mass is 9.51. The third kappa shape index (κ3) is 1.59. The van der Waals surface area contributed by atoms with Gasteiger partial charge in [0.15, 0.2) is 0 Å². The molecule has 0 aromatic heterocycles. The molecule has 2 heteroatoms. The van der Waals surface area contributed by atoms with Crippen LogP contribution in [0, 0.1) is 16.7 Å². The van der Waals surface area contributed by atoms with Crippen LogP contribution in [-0.2, 0) is 4.79 Å². The highest BCUT2D eigenvalue weighted by molar-refractivity contribution is 5.88. The molecule has 2 nitrogen and oxygen atoms in total. The summed E-state index contributed by atoms with van der Waals surface area (Å²) in [5.41, 5.74) is 0.880. The van der Waals surface area contributed by atoms with Crippen molar-refractivity contribution >= 4 is 5.97 Å². The Morgan fingerprint density at radius 3 is 2.69 bits per heavy atom. The first-order chi connectivity index (χ1) is 7.38. The van der Waals surface area contributed by atoms with E-state index in [0.29, 0.717) is 16.9 Å². The molecule has 0 heterocycles. The average Bonchev–Trinajstić information content (AvgIpc) is 2.15. The van der Waals surface area contributed by atoms with Crippen molar-refractivity contribution in [2.45, 2.75) is 52.9 Å². The highest BCUT2D eigenvalue weighted by Gasteiger charge is 2.50. The second kappa shape index (κ2) is 3.61. The summed E-state index contributed by atoms with van der Waals surface area (Å²) in [6.07, 6.45) is 7.48. The molecule has 0 bridgehead atoms. The highest BCUT2D eigenvalue weighted by atomic mass is 16.4. The zero-order valence-electron chi connectivity index (χ0n) is 10.5. The van der Waals surface area contributed by atoms with E-state index >= 15 is 0 Å². The Bertz CT molecular complexity index is 341. The van der Waals surface area contributed by atoms with Gasteiger partial charge in [-0.15, -0.1) is 0 Å². The fourth-order valence-electron chi connectivity index (χ4n) is 4.11. The molecule has 0 unspecified atom stereocenters. The van der Waals surface area contributed by atoms with Crippen molar-refractivity contribution in [1.29, 1.82) is 0 Å². The van der Waals surface area contributed by atoms with E-state index in [2.05, 4.69) is 20.8 Å². The minimum Gasteiger partial charge on any atom is -0.478 e. The number of fused-ring (bicyclic) bond motifs is 1. The van der Waals surface area contributed by atoms with Crippen molar-refractivity contribution < 1.29 is 9.90 Å². The van der Waals surface area contributed by atoms with Gasteiger partial charge in [-0.25, -0.2) is 4.79 Å². The standard InChI is InChI=1S/C14H22O2/c1-13(2)8-5-9-14(3)10(12(15)16)6-4-7-11(13)14/h6,11H,4-5,7-9H2,1-3H3,(H,15,16)/t11-,14+/m0/s1. The Labute approximate surface area is 97.7 Å². The lowest BCUT2D eigenvalue weighted by Gasteiger charge is -2.53. The summed E-state index contributed by atoms with van der Waals surface area (Å²) in [6, 6.07) is 0. The Morgan fingerprint density at radius 1 is 1.38 bits per heavy atom. The fraction of sp³-hybridized carbons (Fsp3) is 0.786. The number of carboxylic acids is 1. The van der Waals surface area contributed by atoms with Crippen LogP contribution in [-0.4, -0.2) is 11.1 Å². The average molecular weight is 222 g/mol. The monoisotopic (exact) mass is 222 g/mol. The van der Waals surface area contributed by atoms with Crippen molar-refractivity contribution in [2.75, 3.05) is 0 Å². The van der Waals surface area contributed by atoms with E-state index in [9.17, 15) is 9.90 Å². The van der Waals surface area contributed by atoms with Gasteiger partial charge in [0.1, 0.15) is 0 Å². The Balaban J connectivity index is 2.41. The molecule has 0 radical (unpaired) electrons. The normalized spacial score (nSPS) is 37.4. The summed E-state index contributed by atoms with van der Waals surface area (Å²) in [5, 5.41) is 9.34. The van der Waals surface area contributed by atoms with Crippen LogP contribution >= 0.6 is 0 Å². The molecule has 0 saturated heterocycles. The Morgan fingerprint density at radius 2 is 2.06 bits per heavy atom. The zero-order valence-corrected chi connectivity index (χ0v) is 10.5. The lowest BCUT2D eigenvalue weighted by Crippen LogP contribution is -2.46. The Hall–Kier alpha value is -0.790. The third-order valence-corrected chi connectivity index (χ3v) is 4.88. The van der Waals surface area contributed by atoms with E-state index in [1.807, 2.05) is 6.08 Å². The zero-order chi connectivity index (χ0) is 12.0. The van der Waals surface area contributed by atoms with Crippen molar-refractivity contribution in [3.8, 4) is 0 Å². The number of hydrogen-bond donors (Lipinski definition) is 1. The van der Waals surface area contributed by atoms with E-state index in [1.54, 1.807) is 0 Å². The maximum absolute atomic E-state index is 11.4. The largest absolute Gasteiger partial charge is 0.478 e. The van der Waals surface area contributed by atoms with Crippen LogP contribution in [0.15, 0.2) is 11.6 Å². The van der Waals surface area contributed by atoms with Gasteiger partial charge in [0.05, 0.1) is 0 Å². The van der Waals surface area contributed by atoms with Crippen molar-refractivity contribution in [1.82, 2.24) is 0 Å². The van der Waals surface area contributed by atoms with E-state index in [-0.39, 0.29) is 5.41 Å². The van der Waals surface area contributed by atoms with E-state index in [0.717, 1.165) is 25.7 Å². The summed E-state index contributed by atoms with van der Waals surface area (Å²) >= 11 is 0. The minimum atomic E-state index is -0.704. The van der Waals surface area contributed by atoms with Gasteiger partial charge in [-0.2, -0.15) is 0 Å². The number of allylic oxidation sites excluding steroid dienone is 1. The number of carbonyl (C=O) groups is 1. The fourth-order valence-corrected chi connectivity index (χ4v) is 4.11. The molecular weight excluding hydrogens is 200 g/mol. The number of rotatable bonds is 1. The van der Waals surface area contributed by atoms with Crippen molar-refractivity contribution in [3.05, 3.63) is 11.6 Å². The highest BCUT2D eigenvalue weighted by Crippen LogP contribution is 2.58. The van der Waals surface area contributed by atoms with Crippen molar-refractivity contribution in [3.63, 3.8) is 0 Å². The first-order valence-electron chi connectivity index (χ1n) is 6.32. The van der Waals surface area contributed by atoms with E-state index < -0.39 is 5.97 Å². The van der Waals surface area contributed by atoms with Crippen LogP contribution < -0.4 is 0 Å². The molecular formula is C14H22O2. The summed E-state index contributed by atoms with van der Waals surface area (Å²) in [6.45, 7) is 6.78. The van der Waals surface area contributed by atoms with Crippen LogP contribution in [0.3, 0.4) is 0 Å². The number of aliphatic carboxylic acids is 1. The lowest BCUT2D eigenvalue weighted by molar-refractivity contribution is -0.135. The van der Waals surface area contributed by atoms with Gasteiger partial charge in [0.2, 0.25) is 0 Å². The molecule has 2 aliphatic carbocycles. The van der Waals surface area contributed by atoms with Crippen LogP contribution in [0.5, 0.6) is 0 Å². The maximum atomic E-state index is 11.4. The van der Waals surface area contributed by atoms with Gasteiger partial charge < -0.3 is 5.11 Å². The summed E-state index contributed by atoms with van der Waals surface area (Å²) in [4.78, 5) is 11.4. The summed E-state index contributed by atoms with van der Waals surface area (Å²) in [5.74, 6) is -0.172. The molecule has 0 spiro atoms. The number of carboxylic acid groups (broad SMARTS) is 1. The summed E-state index contributed by atoms with van der Waals surface area (Å²) < 4.78 is 0. The van der Waals surface area contributed by atoms with Crippen LogP contribution in [0.4, 0.5) is 0 Å². The van der Waals surface area contributed by atoms with Crippen molar-refractivity contribution in [2.24, 2.45) is 16.7 Å². The quantitative estimate of drug-likeness (QED) is 0.735. The molecule has 2 atom stereocenters. The molecule has 1 saturated carbocycles. The van der Waals surface area contributed by atoms with Gasteiger partial charge >= 0.3 is 5.97 Å². The first-order valence-corrected chi connectivity index (χ1v) is 6.32. The van der Waals surface area contributed by atoms with E-state index in [1.165, 1.54) is 6.42 Å². The molecule has 0 amide bonds. The molecule has 1 N–H and O–H groups in total. The maximum Gasteiger partial charge on any atom is 0.331 e. The van der Waals surface area contributed by atoms with Gasteiger partial charge in [0.25, 0.3) is 0 Å². The summed E-state index contributed by atoms with van der Waals surface area (Å²) in [7, 11) is 0. The molecule has 90 valence electrons. The van der Waals surface area contributed by atoms with Crippen LogP contribution in [0.25, 0.3) is 0 Å². The topological polar surface area (TPSA) is 37.3 Å². The second-order valence-corrected chi connectivity index (χ2v) is 6.31. The predicted octanol–water partition coefficient (Wildman–Crippen LogP) is 3.62. The molecule has 1 fully saturated rings. The molecule has 2 aliphatic rings. The van der Waals surface area contributed by atoms with Crippen LogP contribution in [0.2, 0.25) is 0 Å². The first kappa shape index (κ1) is 11.7. The smallest absolute Gasteiger partial charge is 0.331 e. The number of hydrogen-bond acceptors (Lipinski definition) is 1. The Kier molecular flexibility index (Phi) is 2.64. The molecule has 0 aromatic carbocycles. The van der Waals surface area contributed by atoms with E-state index in [4.69, 9.17) is 0 Å². The molecule has 16 heavy (non-hydrogen) atoms. The van der Waals surface area contributed by atoms with Gasteiger partial charge in [0, 0.05) is 11.0 Å². The molecule has 0 aromatic rings. The second-order valence-electron chi connectivity index (χ2n) is 6.31. The third-order valence-electron chi connectivity index (χ3n) is 4.88. The SMILES string of the molecule is CC1(C)CCC[C@]2(C)C(C(=O)O)=CCC[C@@H]12. The minimum absolute atomic E-state index is 0.0914. The van der Waals surface area contributed by atoms with Gasteiger partial charge in [-0.05, 0) is 37.0 Å². The van der Waals surface area contributed by atoms with Crippen LogP contribution in [0.1, 0.15) is 52.9 Å². The predicted molar refractivity (Wildman–Crippen MR) is 64.2 cm³/mol.